The average Bonchev–Trinajstić information content (AvgIpc) is 3.44. The lowest BCUT2D eigenvalue weighted by Crippen LogP contribution is -2.35. The number of anilines is 1. The minimum atomic E-state index is -0.298. The number of rotatable bonds is 6. The van der Waals surface area contributed by atoms with Gasteiger partial charge in [0, 0.05) is 17.0 Å². The Kier molecular flexibility index (Phi) is 7.07. The fourth-order valence-electron chi connectivity index (χ4n) is 4.44. The normalized spacial score (nSPS) is 13.2. The Balaban J connectivity index is 1.45. The van der Waals surface area contributed by atoms with Crippen molar-refractivity contribution in [2.75, 3.05) is 18.5 Å². The van der Waals surface area contributed by atoms with Gasteiger partial charge in [-0.05, 0) is 48.1 Å². The van der Waals surface area contributed by atoms with Crippen molar-refractivity contribution in [2.24, 2.45) is 0 Å². The number of amides is 2. The molecule has 2 amide bonds. The third-order valence-corrected chi connectivity index (χ3v) is 8.54. The molecule has 0 fully saturated rings. The van der Waals surface area contributed by atoms with E-state index < -0.39 is 0 Å². The van der Waals surface area contributed by atoms with E-state index in [9.17, 15) is 9.59 Å². The molecule has 0 saturated heterocycles. The second-order valence-electron chi connectivity index (χ2n) is 9.19. The van der Waals surface area contributed by atoms with Crippen LogP contribution in [0.3, 0.4) is 0 Å². The molecule has 4 aromatic rings. The molecule has 3 heterocycles. The molecule has 1 aliphatic heterocycles. The molecule has 0 aliphatic carbocycles. The first-order chi connectivity index (χ1) is 17.4. The fourth-order valence-corrected chi connectivity index (χ4v) is 6.83. The Morgan fingerprint density at radius 1 is 1.11 bits per heavy atom. The smallest absolute Gasteiger partial charge is 0.410 e. The molecule has 6 nitrogen and oxygen atoms in total. The molecule has 0 unspecified atom stereocenters. The first-order valence-electron chi connectivity index (χ1n) is 12.2. The zero-order chi connectivity index (χ0) is 25.2. The topological polar surface area (TPSA) is 71.5 Å². The highest BCUT2D eigenvalue weighted by atomic mass is 32.1. The first kappa shape index (κ1) is 24.5. The minimum Gasteiger partial charge on any atom is -0.450 e. The Labute approximate surface area is 218 Å². The van der Waals surface area contributed by atoms with Gasteiger partial charge in [0.05, 0.1) is 29.8 Å². The Hall–Kier alpha value is -3.23. The van der Waals surface area contributed by atoms with Gasteiger partial charge >= 0.3 is 6.09 Å². The van der Waals surface area contributed by atoms with Crippen molar-refractivity contribution in [3.8, 4) is 10.6 Å². The lowest BCUT2D eigenvalue weighted by Gasteiger charge is -2.26. The summed E-state index contributed by atoms with van der Waals surface area (Å²) >= 11 is 3.17. The largest absolute Gasteiger partial charge is 0.450 e. The molecule has 2 aromatic heterocycles. The molecule has 0 spiro atoms. The van der Waals surface area contributed by atoms with Crippen LogP contribution in [0.2, 0.25) is 0 Å². The standard InChI is InChI=1S/C28H29N3O3S2/c1-4-34-28(33)31-14-13-20-23(16-31)36-27(25(20)26-29-21-7-5-6-8-22(21)35-26)30-24(32)15-18-9-11-19(12-10-18)17(2)3/h5-12,17H,4,13-16H2,1-3H3,(H,30,32). The summed E-state index contributed by atoms with van der Waals surface area (Å²) in [7, 11) is 0. The second-order valence-corrected chi connectivity index (χ2v) is 11.3. The van der Waals surface area contributed by atoms with Crippen LogP contribution in [0.5, 0.6) is 0 Å². The van der Waals surface area contributed by atoms with E-state index in [1.807, 2.05) is 37.3 Å². The van der Waals surface area contributed by atoms with Crippen molar-refractivity contribution in [1.82, 2.24) is 9.88 Å². The highest BCUT2D eigenvalue weighted by molar-refractivity contribution is 7.22. The van der Waals surface area contributed by atoms with Crippen molar-refractivity contribution in [3.05, 3.63) is 70.1 Å². The van der Waals surface area contributed by atoms with Crippen molar-refractivity contribution >= 4 is 49.9 Å². The average molecular weight is 520 g/mol. The molecular weight excluding hydrogens is 490 g/mol. The summed E-state index contributed by atoms with van der Waals surface area (Å²) in [6.07, 6.45) is 0.700. The summed E-state index contributed by atoms with van der Waals surface area (Å²) in [4.78, 5) is 33.2. The number of hydrogen-bond donors (Lipinski definition) is 1. The van der Waals surface area contributed by atoms with E-state index in [0.29, 0.717) is 38.5 Å². The van der Waals surface area contributed by atoms with E-state index in [1.165, 1.54) is 16.9 Å². The van der Waals surface area contributed by atoms with E-state index in [2.05, 4.69) is 37.4 Å². The van der Waals surface area contributed by atoms with Gasteiger partial charge < -0.3 is 15.0 Å². The predicted molar refractivity (Wildman–Crippen MR) is 147 cm³/mol. The number of thiophene rings is 1. The summed E-state index contributed by atoms with van der Waals surface area (Å²) in [5.41, 5.74) is 5.34. The zero-order valence-corrected chi connectivity index (χ0v) is 22.3. The fraction of sp³-hybridized carbons (Fsp3) is 0.321. The van der Waals surface area contributed by atoms with Gasteiger partial charge in [0.15, 0.2) is 0 Å². The molecule has 36 heavy (non-hydrogen) atoms. The van der Waals surface area contributed by atoms with Gasteiger partial charge in [-0.15, -0.1) is 22.7 Å². The summed E-state index contributed by atoms with van der Waals surface area (Å²) in [5, 5.41) is 4.87. The van der Waals surface area contributed by atoms with Crippen LogP contribution in [0.25, 0.3) is 20.8 Å². The molecule has 186 valence electrons. The summed E-state index contributed by atoms with van der Waals surface area (Å²) < 4.78 is 6.33. The Morgan fingerprint density at radius 2 is 1.89 bits per heavy atom. The molecule has 5 rings (SSSR count). The number of hydrogen-bond acceptors (Lipinski definition) is 6. The van der Waals surface area contributed by atoms with Crippen LogP contribution in [-0.2, 0) is 28.9 Å². The number of fused-ring (bicyclic) bond motifs is 2. The number of aromatic nitrogens is 1. The summed E-state index contributed by atoms with van der Waals surface area (Å²) in [6, 6.07) is 16.3. The molecule has 1 aliphatic rings. The third kappa shape index (κ3) is 5.01. The predicted octanol–water partition coefficient (Wildman–Crippen LogP) is 6.84. The van der Waals surface area contributed by atoms with Gasteiger partial charge in [0.1, 0.15) is 10.0 Å². The molecule has 0 bridgehead atoms. The number of para-hydroxylation sites is 1. The minimum absolute atomic E-state index is 0.0597. The van der Waals surface area contributed by atoms with Crippen molar-refractivity contribution in [2.45, 2.75) is 46.1 Å². The van der Waals surface area contributed by atoms with Crippen molar-refractivity contribution in [1.29, 1.82) is 0 Å². The molecular formula is C28H29N3O3S2. The van der Waals surface area contributed by atoms with Gasteiger partial charge in [0.2, 0.25) is 5.91 Å². The van der Waals surface area contributed by atoms with Gasteiger partial charge in [-0.1, -0.05) is 50.2 Å². The quantitative estimate of drug-likeness (QED) is 0.303. The number of benzene rings is 2. The van der Waals surface area contributed by atoms with Crippen LogP contribution in [-0.4, -0.2) is 35.0 Å². The van der Waals surface area contributed by atoms with Gasteiger partial charge in [0.25, 0.3) is 0 Å². The maximum Gasteiger partial charge on any atom is 0.410 e. The van der Waals surface area contributed by atoms with E-state index >= 15 is 0 Å². The zero-order valence-electron chi connectivity index (χ0n) is 20.7. The third-order valence-electron chi connectivity index (χ3n) is 6.35. The lowest BCUT2D eigenvalue weighted by molar-refractivity contribution is -0.115. The maximum absolute atomic E-state index is 13.1. The first-order valence-corrected chi connectivity index (χ1v) is 13.9. The molecule has 1 N–H and O–H groups in total. The number of nitrogens with one attached hydrogen (secondary N) is 1. The van der Waals surface area contributed by atoms with E-state index in [4.69, 9.17) is 9.72 Å². The Morgan fingerprint density at radius 3 is 2.61 bits per heavy atom. The molecule has 2 aromatic carbocycles. The highest BCUT2D eigenvalue weighted by Crippen LogP contribution is 2.45. The monoisotopic (exact) mass is 519 g/mol. The van der Waals surface area contributed by atoms with Crippen LogP contribution in [0, 0.1) is 0 Å². The van der Waals surface area contributed by atoms with Crippen LogP contribution in [0.15, 0.2) is 48.5 Å². The highest BCUT2D eigenvalue weighted by Gasteiger charge is 2.30. The van der Waals surface area contributed by atoms with Gasteiger partial charge in [-0.25, -0.2) is 9.78 Å². The van der Waals surface area contributed by atoms with E-state index in [1.54, 1.807) is 16.2 Å². The Bertz CT molecular complexity index is 1370. The number of carbonyl (C=O) groups is 2. The number of nitrogens with zero attached hydrogens (tertiary/aromatic N) is 2. The molecule has 8 heteroatoms. The van der Waals surface area contributed by atoms with Crippen molar-refractivity contribution in [3.63, 3.8) is 0 Å². The van der Waals surface area contributed by atoms with Crippen LogP contribution < -0.4 is 5.32 Å². The summed E-state index contributed by atoms with van der Waals surface area (Å²) in [5.74, 6) is 0.395. The van der Waals surface area contributed by atoms with E-state index in [-0.39, 0.29) is 12.0 Å². The second kappa shape index (κ2) is 10.4. The maximum atomic E-state index is 13.1. The number of ether oxygens (including phenoxy) is 1. The molecule has 0 atom stereocenters. The molecule has 0 saturated carbocycles. The summed E-state index contributed by atoms with van der Waals surface area (Å²) in [6.45, 7) is 7.54. The number of carbonyl (C=O) groups excluding carboxylic acids is 2. The van der Waals surface area contributed by atoms with E-state index in [0.717, 1.165) is 41.8 Å². The molecule has 0 radical (unpaired) electrons. The van der Waals surface area contributed by atoms with Crippen molar-refractivity contribution < 1.29 is 14.3 Å². The van der Waals surface area contributed by atoms with Crippen LogP contribution in [0.4, 0.5) is 9.80 Å². The van der Waals surface area contributed by atoms with Crippen LogP contribution >= 0.6 is 22.7 Å². The van der Waals surface area contributed by atoms with Crippen LogP contribution in [0.1, 0.15) is 48.3 Å². The van der Waals surface area contributed by atoms with Gasteiger partial charge in [-0.3, -0.25) is 4.79 Å². The number of thiazole rings is 1. The van der Waals surface area contributed by atoms with Gasteiger partial charge in [-0.2, -0.15) is 0 Å². The SMILES string of the molecule is CCOC(=O)N1CCc2c(sc(NC(=O)Cc3ccc(C(C)C)cc3)c2-c2nc3ccccc3s2)C1. The lowest BCUT2D eigenvalue weighted by atomic mass is 10.0.